The number of rotatable bonds is 3. The second-order valence-electron chi connectivity index (χ2n) is 5.67. The van der Waals surface area contributed by atoms with E-state index >= 15 is 0 Å². The van der Waals surface area contributed by atoms with Crippen LogP contribution in [0.5, 0.6) is 11.5 Å². The normalized spacial score (nSPS) is 23.4. The van der Waals surface area contributed by atoms with Gasteiger partial charge in [0.15, 0.2) is 21.3 Å². The Morgan fingerprint density at radius 1 is 1.29 bits per heavy atom. The highest BCUT2D eigenvalue weighted by Gasteiger charge is 2.30. The first-order chi connectivity index (χ1) is 9.94. The van der Waals surface area contributed by atoms with Gasteiger partial charge in [0.2, 0.25) is 0 Å². The van der Waals surface area contributed by atoms with E-state index in [1.807, 2.05) is 18.0 Å². The predicted octanol–water partition coefficient (Wildman–Crippen LogP) is 0.659. The van der Waals surface area contributed by atoms with E-state index in [0.29, 0.717) is 43.4 Å². The van der Waals surface area contributed by atoms with E-state index in [1.165, 1.54) is 0 Å². The lowest BCUT2D eigenvalue weighted by Crippen LogP contribution is -2.32. The molecule has 6 nitrogen and oxygen atoms in total. The third-order valence-corrected chi connectivity index (χ3v) is 5.81. The molecule has 3 rings (SSSR count). The Kier molecular flexibility index (Phi) is 3.71. The molecule has 1 fully saturated rings. The van der Waals surface area contributed by atoms with Gasteiger partial charge in [0.05, 0.1) is 11.5 Å². The summed E-state index contributed by atoms with van der Waals surface area (Å²) in [5, 5.41) is 0. The summed E-state index contributed by atoms with van der Waals surface area (Å²) in [4.78, 5) is 2.05. The lowest BCUT2D eigenvalue weighted by Gasteiger charge is -2.25. The van der Waals surface area contributed by atoms with Crippen LogP contribution in [0.25, 0.3) is 0 Å². The number of nitrogens with zero attached hydrogens (tertiary/aromatic N) is 1. The van der Waals surface area contributed by atoms with Crippen LogP contribution in [-0.2, 0) is 16.4 Å². The number of nitrogens with two attached hydrogens (primary N) is 1. The second-order valence-corrected chi connectivity index (χ2v) is 7.90. The maximum absolute atomic E-state index is 11.6. The van der Waals surface area contributed by atoms with Crippen LogP contribution in [0, 0.1) is 0 Å². The number of ether oxygens (including phenoxy) is 2. The van der Waals surface area contributed by atoms with Gasteiger partial charge in [-0.15, -0.1) is 0 Å². The smallest absolute Gasteiger partial charge is 0.163 e. The van der Waals surface area contributed by atoms with Gasteiger partial charge in [0, 0.05) is 24.3 Å². The SMILES string of the molecule is CN(Cc1cc2c(cc1N)OCCO2)C1CCS(=O)(=O)C1. The van der Waals surface area contributed by atoms with Crippen molar-refractivity contribution < 1.29 is 17.9 Å². The molecular weight excluding hydrogens is 292 g/mol. The third kappa shape index (κ3) is 3.08. The summed E-state index contributed by atoms with van der Waals surface area (Å²) in [5.41, 5.74) is 7.65. The van der Waals surface area contributed by atoms with Crippen molar-refractivity contribution >= 4 is 15.5 Å². The number of nitrogen functional groups attached to an aromatic ring is 1. The van der Waals surface area contributed by atoms with Gasteiger partial charge in [-0.05, 0) is 25.1 Å². The zero-order valence-electron chi connectivity index (χ0n) is 12.0. The van der Waals surface area contributed by atoms with E-state index in [1.54, 1.807) is 6.07 Å². The van der Waals surface area contributed by atoms with E-state index in [4.69, 9.17) is 15.2 Å². The van der Waals surface area contributed by atoms with Crippen LogP contribution >= 0.6 is 0 Å². The molecule has 1 atom stereocenters. The molecule has 0 amide bonds. The van der Waals surface area contributed by atoms with Crippen molar-refractivity contribution in [2.75, 3.05) is 37.5 Å². The molecule has 7 heteroatoms. The summed E-state index contributed by atoms with van der Waals surface area (Å²) in [6.07, 6.45) is 0.684. The van der Waals surface area contributed by atoms with E-state index < -0.39 is 9.84 Å². The molecule has 2 heterocycles. The molecule has 0 bridgehead atoms. The highest BCUT2D eigenvalue weighted by Crippen LogP contribution is 2.35. The molecule has 21 heavy (non-hydrogen) atoms. The summed E-state index contributed by atoms with van der Waals surface area (Å²) in [6, 6.07) is 3.73. The van der Waals surface area contributed by atoms with Gasteiger partial charge >= 0.3 is 0 Å². The van der Waals surface area contributed by atoms with Gasteiger partial charge in [-0.3, -0.25) is 4.90 Å². The fourth-order valence-corrected chi connectivity index (χ4v) is 4.61. The Morgan fingerprint density at radius 2 is 1.95 bits per heavy atom. The minimum atomic E-state index is -2.87. The highest BCUT2D eigenvalue weighted by atomic mass is 32.2. The summed E-state index contributed by atoms with van der Waals surface area (Å²) in [7, 11) is -0.943. The minimum Gasteiger partial charge on any atom is -0.486 e. The van der Waals surface area contributed by atoms with Crippen molar-refractivity contribution in [3.63, 3.8) is 0 Å². The Morgan fingerprint density at radius 3 is 2.57 bits per heavy atom. The predicted molar refractivity (Wildman–Crippen MR) is 80.4 cm³/mol. The highest BCUT2D eigenvalue weighted by molar-refractivity contribution is 7.91. The lowest BCUT2D eigenvalue weighted by atomic mass is 10.1. The molecule has 0 saturated carbocycles. The standard InChI is InChI=1S/C14H20N2O4S/c1-16(11-2-5-21(17,18)9-11)8-10-6-13-14(7-12(10)15)20-4-3-19-13/h6-7,11H,2-5,8-9,15H2,1H3. The quantitative estimate of drug-likeness (QED) is 0.826. The molecule has 1 aromatic rings. The van der Waals surface area contributed by atoms with Crippen LogP contribution in [0.4, 0.5) is 5.69 Å². The number of anilines is 1. The minimum absolute atomic E-state index is 0.0580. The molecule has 116 valence electrons. The first kappa shape index (κ1) is 14.5. The van der Waals surface area contributed by atoms with Crippen molar-refractivity contribution in [1.82, 2.24) is 4.90 Å². The van der Waals surface area contributed by atoms with Crippen molar-refractivity contribution in [3.05, 3.63) is 17.7 Å². The average Bonchev–Trinajstić information content (AvgIpc) is 2.80. The summed E-state index contributed by atoms with van der Waals surface area (Å²) >= 11 is 0. The Balaban J connectivity index is 1.75. The van der Waals surface area contributed by atoms with Gasteiger partial charge in [0.25, 0.3) is 0 Å². The topological polar surface area (TPSA) is 81.9 Å². The van der Waals surface area contributed by atoms with Crippen LogP contribution < -0.4 is 15.2 Å². The average molecular weight is 312 g/mol. The summed E-state index contributed by atoms with van der Waals surface area (Å²) in [6.45, 7) is 1.67. The Hall–Kier alpha value is -1.47. The number of hydrogen-bond acceptors (Lipinski definition) is 6. The number of fused-ring (bicyclic) bond motifs is 1. The molecule has 0 aliphatic carbocycles. The molecule has 0 aromatic heterocycles. The zero-order chi connectivity index (χ0) is 15.0. The fraction of sp³-hybridized carbons (Fsp3) is 0.571. The molecule has 2 aliphatic rings. The molecule has 1 saturated heterocycles. The molecule has 1 unspecified atom stereocenters. The van der Waals surface area contributed by atoms with Crippen molar-refractivity contribution in [3.8, 4) is 11.5 Å². The van der Waals surface area contributed by atoms with Gasteiger partial charge in [-0.25, -0.2) is 8.42 Å². The lowest BCUT2D eigenvalue weighted by molar-refractivity contribution is 0.171. The first-order valence-electron chi connectivity index (χ1n) is 7.03. The van der Waals surface area contributed by atoms with Gasteiger partial charge < -0.3 is 15.2 Å². The molecule has 0 spiro atoms. The number of hydrogen-bond donors (Lipinski definition) is 1. The van der Waals surface area contributed by atoms with E-state index in [9.17, 15) is 8.42 Å². The third-order valence-electron chi connectivity index (χ3n) is 4.06. The number of sulfone groups is 1. The van der Waals surface area contributed by atoms with Gasteiger partial charge in [0.1, 0.15) is 13.2 Å². The fourth-order valence-electron chi connectivity index (χ4n) is 2.80. The van der Waals surface area contributed by atoms with Crippen LogP contribution in [0.1, 0.15) is 12.0 Å². The summed E-state index contributed by atoms with van der Waals surface area (Å²) in [5.74, 6) is 1.89. The van der Waals surface area contributed by atoms with Crippen LogP contribution in [0.15, 0.2) is 12.1 Å². The van der Waals surface area contributed by atoms with Crippen LogP contribution in [0.3, 0.4) is 0 Å². The Bertz CT molecular complexity index is 645. The molecule has 2 aliphatic heterocycles. The molecule has 1 aromatic carbocycles. The van der Waals surface area contributed by atoms with E-state index in [-0.39, 0.29) is 17.5 Å². The van der Waals surface area contributed by atoms with Crippen molar-refractivity contribution in [1.29, 1.82) is 0 Å². The largest absolute Gasteiger partial charge is 0.486 e. The summed E-state index contributed by atoms with van der Waals surface area (Å²) < 4.78 is 34.2. The monoisotopic (exact) mass is 312 g/mol. The maximum atomic E-state index is 11.6. The van der Waals surface area contributed by atoms with Gasteiger partial charge in [-0.1, -0.05) is 0 Å². The van der Waals surface area contributed by atoms with E-state index in [2.05, 4.69) is 0 Å². The number of benzene rings is 1. The molecule has 0 radical (unpaired) electrons. The van der Waals surface area contributed by atoms with Crippen molar-refractivity contribution in [2.24, 2.45) is 0 Å². The van der Waals surface area contributed by atoms with Crippen molar-refractivity contribution in [2.45, 2.75) is 19.0 Å². The van der Waals surface area contributed by atoms with Gasteiger partial charge in [-0.2, -0.15) is 0 Å². The Labute approximate surface area is 124 Å². The first-order valence-corrected chi connectivity index (χ1v) is 8.85. The second kappa shape index (κ2) is 5.38. The molecule has 2 N–H and O–H groups in total. The van der Waals surface area contributed by atoms with Crippen LogP contribution in [-0.4, -0.2) is 51.1 Å². The zero-order valence-corrected chi connectivity index (χ0v) is 12.9. The van der Waals surface area contributed by atoms with Crippen LogP contribution in [0.2, 0.25) is 0 Å². The molecular formula is C14H20N2O4S. The van der Waals surface area contributed by atoms with E-state index in [0.717, 1.165) is 5.56 Å². The maximum Gasteiger partial charge on any atom is 0.163 e.